The van der Waals surface area contributed by atoms with Gasteiger partial charge in [0, 0.05) is 12.0 Å². The molecule has 3 unspecified atom stereocenters. The van der Waals surface area contributed by atoms with E-state index in [0.717, 1.165) is 31.1 Å². The van der Waals surface area contributed by atoms with Crippen LogP contribution in [0.25, 0.3) is 0 Å². The van der Waals surface area contributed by atoms with E-state index in [4.69, 9.17) is 5.73 Å². The van der Waals surface area contributed by atoms with Crippen LogP contribution in [0.1, 0.15) is 58.8 Å². The van der Waals surface area contributed by atoms with Crippen molar-refractivity contribution in [1.82, 2.24) is 0 Å². The molecular weight excluding hydrogens is 198 g/mol. The zero-order valence-electron chi connectivity index (χ0n) is 10.8. The first-order chi connectivity index (χ1) is 7.53. The molecule has 2 heteroatoms. The van der Waals surface area contributed by atoms with E-state index in [1.165, 1.54) is 25.7 Å². The first-order valence-electron chi connectivity index (χ1n) is 6.95. The Morgan fingerprint density at radius 3 is 2.44 bits per heavy atom. The highest BCUT2D eigenvalue weighted by Gasteiger charge is 2.51. The van der Waals surface area contributed by atoms with Crippen LogP contribution in [0.5, 0.6) is 0 Å². The minimum absolute atomic E-state index is 0.0102. The van der Waals surface area contributed by atoms with E-state index in [9.17, 15) is 5.11 Å². The van der Waals surface area contributed by atoms with E-state index in [0.29, 0.717) is 6.54 Å². The Balaban J connectivity index is 2.07. The van der Waals surface area contributed by atoms with Gasteiger partial charge in [-0.2, -0.15) is 0 Å². The van der Waals surface area contributed by atoms with Gasteiger partial charge < -0.3 is 10.8 Å². The smallest absolute Gasteiger partial charge is 0.0690 e. The van der Waals surface area contributed by atoms with Crippen LogP contribution in [0.15, 0.2) is 0 Å². The minimum Gasteiger partial charge on any atom is -0.390 e. The number of hydrogen-bond donors (Lipinski definition) is 2. The summed E-state index contributed by atoms with van der Waals surface area (Å²) < 4.78 is 0. The molecule has 0 aromatic heterocycles. The third-order valence-electron chi connectivity index (χ3n) is 5.20. The summed E-state index contributed by atoms with van der Waals surface area (Å²) in [5.74, 6) is 1.56. The van der Waals surface area contributed by atoms with E-state index >= 15 is 0 Å². The highest BCUT2D eigenvalue weighted by molar-refractivity contribution is 5.03. The lowest BCUT2D eigenvalue weighted by Gasteiger charge is -2.43. The topological polar surface area (TPSA) is 46.2 Å². The highest BCUT2D eigenvalue weighted by Crippen LogP contribution is 2.53. The standard InChI is InChI=1S/C14H27NO/c1-3-11-6-7-14(9-11,10-15)13(2,16)8-12-4-5-12/h11-12,16H,3-10,15H2,1-2H3. The zero-order valence-corrected chi connectivity index (χ0v) is 10.8. The second-order valence-electron chi connectivity index (χ2n) is 6.42. The summed E-state index contributed by atoms with van der Waals surface area (Å²) in [6, 6.07) is 0. The molecule has 2 nitrogen and oxygen atoms in total. The van der Waals surface area contributed by atoms with Crippen LogP contribution in [-0.4, -0.2) is 17.3 Å². The molecular formula is C14H27NO. The average molecular weight is 225 g/mol. The first-order valence-corrected chi connectivity index (χ1v) is 6.95. The number of nitrogens with two attached hydrogens (primary N) is 1. The Kier molecular flexibility index (Phi) is 3.33. The second-order valence-corrected chi connectivity index (χ2v) is 6.42. The zero-order chi connectivity index (χ0) is 11.8. The molecule has 0 heterocycles. The van der Waals surface area contributed by atoms with E-state index in [2.05, 4.69) is 6.92 Å². The third-order valence-corrected chi connectivity index (χ3v) is 5.20. The van der Waals surface area contributed by atoms with Gasteiger partial charge in [0.2, 0.25) is 0 Å². The SMILES string of the molecule is CCC1CCC(CN)(C(C)(O)CC2CC2)C1. The summed E-state index contributed by atoms with van der Waals surface area (Å²) in [7, 11) is 0. The lowest BCUT2D eigenvalue weighted by Crippen LogP contribution is -2.49. The molecule has 94 valence electrons. The van der Waals surface area contributed by atoms with Crippen LogP contribution in [-0.2, 0) is 0 Å². The lowest BCUT2D eigenvalue weighted by atomic mass is 9.68. The van der Waals surface area contributed by atoms with Crippen LogP contribution in [0.4, 0.5) is 0 Å². The number of aliphatic hydroxyl groups is 1. The van der Waals surface area contributed by atoms with E-state index in [1.54, 1.807) is 0 Å². The Bertz CT molecular complexity index is 247. The van der Waals surface area contributed by atoms with Crippen LogP contribution < -0.4 is 5.73 Å². The predicted molar refractivity (Wildman–Crippen MR) is 67.1 cm³/mol. The van der Waals surface area contributed by atoms with E-state index in [1.807, 2.05) is 6.92 Å². The summed E-state index contributed by atoms with van der Waals surface area (Å²) in [6.45, 7) is 4.95. The molecule has 0 amide bonds. The Labute approximate surface area is 99.6 Å². The van der Waals surface area contributed by atoms with Crippen molar-refractivity contribution in [2.24, 2.45) is 23.0 Å². The van der Waals surface area contributed by atoms with Gasteiger partial charge >= 0.3 is 0 Å². The van der Waals surface area contributed by atoms with Crippen molar-refractivity contribution in [3.8, 4) is 0 Å². The van der Waals surface area contributed by atoms with Gasteiger partial charge in [0.25, 0.3) is 0 Å². The van der Waals surface area contributed by atoms with Crippen LogP contribution in [0, 0.1) is 17.3 Å². The van der Waals surface area contributed by atoms with Crippen molar-refractivity contribution in [2.45, 2.75) is 64.4 Å². The summed E-state index contributed by atoms with van der Waals surface area (Å²) in [5, 5.41) is 10.8. The first kappa shape index (κ1) is 12.4. The lowest BCUT2D eigenvalue weighted by molar-refractivity contribution is -0.0750. The van der Waals surface area contributed by atoms with E-state index in [-0.39, 0.29) is 5.41 Å². The maximum Gasteiger partial charge on any atom is 0.0690 e. The Morgan fingerprint density at radius 1 is 1.31 bits per heavy atom. The number of hydrogen-bond acceptors (Lipinski definition) is 2. The highest BCUT2D eigenvalue weighted by atomic mass is 16.3. The molecule has 3 N–H and O–H groups in total. The van der Waals surface area contributed by atoms with Gasteiger partial charge in [-0.15, -0.1) is 0 Å². The summed E-state index contributed by atoms with van der Waals surface area (Å²) >= 11 is 0. The van der Waals surface area contributed by atoms with Gasteiger partial charge in [-0.05, 0) is 44.4 Å². The summed E-state index contributed by atoms with van der Waals surface area (Å²) in [5.41, 5.74) is 5.48. The molecule has 16 heavy (non-hydrogen) atoms. The average Bonchev–Trinajstić information content (AvgIpc) is 2.94. The summed E-state index contributed by atoms with van der Waals surface area (Å²) in [4.78, 5) is 0. The van der Waals surface area contributed by atoms with Crippen LogP contribution in [0.3, 0.4) is 0 Å². The Hall–Kier alpha value is -0.0800. The quantitative estimate of drug-likeness (QED) is 0.755. The third kappa shape index (κ3) is 2.14. The van der Waals surface area contributed by atoms with Gasteiger partial charge in [-0.1, -0.05) is 26.2 Å². The van der Waals surface area contributed by atoms with Gasteiger partial charge in [0.1, 0.15) is 0 Å². The second kappa shape index (κ2) is 4.30. The van der Waals surface area contributed by atoms with Crippen LogP contribution in [0.2, 0.25) is 0 Å². The molecule has 0 saturated heterocycles. The van der Waals surface area contributed by atoms with Crippen molar-refractivity contribution in [3.63, 3.8) is 0 Å². The molecule has 2 saturated carbocycles. The molecule has 0 aliphatic heterocycles. The predicted octanol–water partition coefficient (Wildman–Crippen LogP) is 2.69. The molecule has 2 aliphatic carbocycles. The molecule has 3 atom stereocenters. The molecule has 0 aromatic carbocycles. The van der Waals surface area contributed by atoms with Gasteiger partial charge in [-0.3, -0.25) is 0 Å². The van der Waals surface area contributed by atoms with Gasteiger partial charge in [0.05, 0.1) is 5.60 Å². The fourth-order valence-corrected chi connectivity index (χ4v) is 3.58. The molecule has 2 fully saturated rings. The van der Waals surface area contributed by atoms with Crippen molar-refractivity contribution in [2.75, 3.05) is 6.54 Å². The molecule has 2 rings (SSSR count). The molecule has 2 aliphatic rings. The van der Waals surface area contributed by atoms with Gasteiger partial charge in [-0.25, -0.2) is 0 Å². The molecule has 0 spiro atoms. The molecule has 0 bridgehead atoms. The van der Waals surface area contributed by atoms with Crippen molar-refractivity contribution in [1.29, 1.82) is 0 Å². The summed E-state index contributed by atoms with van der Waals surface area (Å²) in [6.07, 6.45) is 8.36. The minimum atomic E-state index is -0.535. The molecule has 0 radical (unpaired) electrons. The largest absolute Gasteiger partial charge is 0.390 e. The molecule has 0 aromatic rings. The van der Waals surface area contributed by atoms with Crippen molar-refractivity contribution in [3.05, 3.63) is 0 Å². The van der Waals surface area contributed by atoms with Crippen molar-refractivity contribution < 1.29 is 5.11 Å². The monoisotopic (exact) mass is 225 g/mol. The maximum absolute atomic E-state index is 10.8. The fourth-order valence-electron chi connectivity index (χ4n) is 3.58. The normalized spacial score (nSPS) is 38.6. The van der Waals surface area contributed by atoms with Gasteiger partial charge in [0.15, 0.2) is 0 Å². The Morgan fingerprint density at radius 2 is 2.00 bits per heavy atom. The number of rotatable bonds is 5. The van der Waals surface area contributed by atoms with Crippen LogP contribution >= 0.6 is 0 Å². The van der Waals surface area contributed by atoms with E-state index < -0.39 is 5.60 Å². The van der Waals surface area contributed by atoms with Crippen molar-refractivity contribution >= 4 is 0 Å². The fraction of sp³-hybridized carbons (Fsp3) is 1.00. The maximum atomic E-state index is 10.8.